The van der Waals surface area contributed by atoms with Gasteiger partial charge in [0.15, 0.2) is 0 Å². The molecule has 0 spiro atoms. The Morgan fingerprint density at radius 1 is 1.38 bits per heavy atom. The second-order valence-corrected chi connectivity index (χ2v) is 6.91. The molecule has 3 rings (SSSR count). The maximum Gasteiger partial charge on any atom is 0.348 e. The van der Waals surface area contributed by atoms with Gasteiger partial charge in [-0.3, -0.25) is 19.2 Å². The predicted molar refractivity (Wildman–Crippen MR) is 98.6 cm³/mol. The smallest absolute Gasteiger partial charge is 0.348 e. The van der Waals surface area contributed by atoms with Gasteiger partial charge in [-0.05, 0) is 50.9 Å². The number of carbonyl (C=O) groups excluding carboxylic acids is 1. The molecule has 0 saturated carbocycles. The summed E-state index contributed by atoms with van der Waals surface area (Å²) in [6.45, 7) is 6.26. The van der Waals surface area contributed by atoms with Crippen LogP contribution < -0.4 is 11.0 Å². The van der Waals surface area contributed by atoms with E-state index in [2.05, 4.69) is 26.3 Å². The van der Waals surface area contributed by atoms with Gasteiger partial charge in [-0.1, -0.05) is 6.07 Å². The van der Waals surface area contributed by atoms with Gasteiger partial charge in [0, 0.05) is 42.9 Å². The number of rotatable bonds is 5. The molecule has 0 unspecified atom stereocenters. The SMILES string of the molecule is Cc1cc(C)n(CC(=O)N[C@H]2CCCN(Cc3cccnc3)C2)c(=O)n1. The maximum absolute atomic E-state index is 12.4. The molecule has 0 aromatic carbocycles. The molecule has 0 bridgehead atoms. The van der Waals surface area contributed by atoms with Crippen molar-refractivity contribution in [2.75, 3.05) is 13.1 Å². The molecule has 0 aliphatic carbocycles. The van der Waals surface area contributed by atoms with Crippen LogP contribution >= 0.6 is 0 Å². The molecule has 7 heteroatoms. The number of likely N-dealkylation sites (tertiary alicyclic amines) is 1. The Balaban J connectivity index is 1.57. The first-order valence-electron chi connectivity index (χ1n) is 8.97. The first kappa shape index (κ1) is 18.3. The highest BCUT2D eigenvalue weighted by atomic mass is 16.2. The Hall–Kier alpha value is -2.54. The molecular formula is C19H25N5O2. The molecule has 26 heavy (non-hydrogen) atoms. The predicted octanol–water partition coefficient (Wildman–Crippen LogP) is 1.04. The van der Waals surface area contributed by atoms with E-state index < -0.39 is 0 Å². The van der Waals surface area contributed by atoms with Crippen LogP contribution in [0.25, 0.3) is 0 Å². The van der Waals surface area contributed by atoms with E-state index in [0.717, 1.165) is 38.2 Å². The molecule has 7 nitrogen and oxygen atoms in total. The van der Waals surface area contributed by atoms with Crippen molar-refractivity contribution in [2.45, 2.75) is 45.8 Å². The standard InChI is InChI=1S/C19H25N5O2/c1-14-9-15(2)24(19(26)21-14)13-18(25)22-17-6-4-8-23(12-17)11-16-5-3-7-20-10-16/h3,5,7,9-10,17H,4,6,8,11-13H2,1-2H3,(H,22,25)/t17-/m0/s1. The Morgan fingerprint density at radius 2 is 2.23 bits per heavy atom. The second-order valence-electron chi connectivity index (χ2n) is 6.91. The van der Waals surface area contributed by atoms with Crippen LogP contribution in [0.5, 0.6) is 0 Å². The maximum atomic E-state index is 12.4. The van der Waals surface area contributed by atoms with Crippen molar-refractivity contribution in [3.63, 3.8) is 0 Å². The van der Waals surface area contributed by atoms with Gasteiger partial charge in [-0.2, -0.15) is 4.98 Å². The summed E-state index contributed by atoms with van der Waals surface area (Å²) in [6.07, 6.45) is 5.64. The van der Waals surface area contributed by atoms with Crippen molar-refractivity contribution in [1.29, 1.82) is 0 Å². The van der Waals surface area contributed by atoms with Crippen LogP contribution in [0.15, 0.2) is 35.4 Å². The van der Waals surface area contributed by atoms with Crippen LogP contribution in [-0.4, -0.2) is 44.5 Å². The van der Waals surface area contributed by atoms with Crippen LogP contribution in [0.4, 0.5) is 0 Å². The van der Waals surface area contributed by atoms with E-state index in [0.29, 0.717) is 5.69 Å². The zero-order valence-corrected chi connectivity index (χ0v) is 15.3. The lowest BCUT2D eigenvalue weighted by atomic mass is 10.0. The normalized spacial score (nSPS) is 17.8. The van der Waals surface area contributed by atoms with Crippen LogP contribution in [0.2, 0.25) is 0 Å². The number of nitrogens with one attached hydrogen (secondary N) is 1. The van der Waals surface area contributed by atoms with Crippen molar-refractivity contribution >= 4 is 5.91 Å². The molecule has 2 aromatic heterocycles. The molecule has 1 saturated heterocycles. The third kappa shape index (κ3) is 4.76. The van der Waals surface area contributed by atoms with Gasteiger partial charge in [0.1, 0.15) is 6.54 Å². The molecule has 1 N–H and O–H groups in total. The summed E-state index contributed by atoms with van der Waals surface area (Å²) in [6, 6.07) is 5.91. The van der Waals surface area contributed by atoms with E-state index in [1.54, 1.807) is 13.1 Å². The van der Waals surface area contributed by atoms with E-state index in [1.807, 2.05) is 25.3 Å². The molecule has 2 aromatic rings. The van der Waals surface area contributed by atoms with Gasteiger partial charge in [0.2, 0.25) is 5.91 Å². The van der Waals surface area contributed by atoms with E-state index >= 15 is 0 Å². The van der Waals surface area contributed by atoms with E-state index in [9.17, 15) is 9.59 Å². The lowest BCUT2D eigenvalue weighted by molar-refractivity contribution is -0.122. The minimum atomic E-state index is -0.375. The first-order chi connectivity index (χ1) is 12.5. The van der Waals surface area contributed by atoms with E-state index in [4.69, 9.17) is 0 Å². The number of amides is 1. The highest BCUT2D eigenvalue weighted by Gasteiger charge is 2.22. The Kier molecular flexibility index (Phi) is 5.78. The average Bonchev–Trinajstić information content (AvgIpc) is 2.59. The summed E-state index contributed by atoms with van der Waals surface area (Å²) in [5.74, 6) is -0.144. The third-order valence-electron chi connectivity index (χ3n) is 4.65. The van der Waals surface area contributed by atoms with Gasteiger partial charge in [0.05, 0.1) is 0 Å². The summed E-state index contributed by atoms with van der Waals surface area (Å²) >= 11 is 0. The van der Waals surface area contributed by atoms with Crippen molar-refractivity contribution in [3.05, 3.63) is 58.0 Å². The third-order valence-corrected chi connectivity index (χ3v) is 4.65. The number of carbonyl (C=O) groups is 1. The molecule has 1 fully saturated rings. The number of aryl methyl sites for hydroxylation is 2. The minimum Gasteiger partial charge on any atom is -0.351 e. The zero-order valence-electron chi connectivity index (χ0n) is 15.3. The number of hydrogen-bond acceptors (Lipinski definition) is 5. The van der Waals surface area contributed by atoms with Crippen molar-refractivity contribution in [1.82, 2.24) is 24.8 Å². The van der Waals surface area contributed by atoms with Crippen molar-refractivity contribution in [2.24, 2.45) is 0 Å². The van der Waals surface area contributed by atoms with Crippen LogP contribution in [0.3, 0.4) is 0 Å². The largest absolute Gasteiger partial charge is 0.351 e. The quantitative estimate of drug-likeness (QED) is 0.867. The average molecular weight is 355 g/mol. The molecule has 138 valence electrons. The summed E-state index contributed by atoms with van der Waals surface area (Å²) < 4.78 is 1.42. The number of pyridine rings is 1. The van der Waals surface area contributed by atoms with Gasteiger partial charge in [0.25, 0.3) is 0 Å². The van der Waals surface area contributed by atoms with Gasteiger partial charge in [-0.15, -0.1) is 0 Å². The van der Waals surface area contributed by atoms with Crippen molar-refractivity contribution in [3.8, 4) is 0 Å². The number of hydrogen-bond donors (Lipinski definition) is 1. The summed E-state index contributed by atoms with van der Waals surface area (Å²) in [4.78, 5) is 34.8. The fraction of sp³-hybridized carbons (Fsp3) is 0.474. The Labute approximate surface area is 153 Å². The highest BCUT2D eigenvalue weighted by molar-refractivity contribution is 5.76. The summed E-state index contributed by atoms with van der Waals surface area (Å²) in [5, 5.41) is 3.07. The molecule has 0 radical (unpaired) electrons. The molecule has 1 aliphatic heterocycles. The molecule has 3 heterocycles. The van der Waals surface area contributed by atoms with Crippen molar-refractivity contribution < 1.29 is 4.79 Å². The molecule has 1 atom stereocenters. The van der Waals surface area contributed by atoms with Crippen LogP contribution in [0, 0.1) is 13.8 Å². The van der Waals surface area contributed by atoms with E-state index in [-0.39, 0.29) is 24.2 Å². The number of nitrogens with zero attached hydrogens (tertiary/aromatic N) is 4. The topological polar surface area (TPSA) is 80.1 Å². The number of piperidine rings is 1. The van der Waals surface area contributed by atoms with E-state index in [1.165, 1.54) is 10.1 Å². The second kappa shape index (κ2) is 8.23. The lowest BCUT2D eigenvalue weighted by Crippen LogP contribution is -2.48. The molecule has 1 amide bonds. The number of aromatic nitrogens is 3. The molecule has 1 aliphatic rings. The first-order valence-corrected chi connectivity index (χ1v) is 8.97. The Bertz CT molecular complexity index is 818. The lowest BCUT2D eigenvalue weighted by Gasteiger charge is -2.33. The monoisotopic (exact) mass is 355 g/mol. The minimum absolute atomic E-state index is 0.0110. The Morgan fingerprint density at radius 3 is 2.96 bits per heavy atom. The van der Waals surface area contributed by atoms with Gasteiger partial charge < -0.3 is 5.32 Å². The molecular weight excluding hydrogens is 330 g/mol. The summed E-state index contributed by atoms with van der Waals surface area (Å²) in [5.41, 5.74) is 2.22. The fourth-order valence-electron chi connectivity index (χ4n) is 3.45. The van der Waals surface area contributed by atoms with Crippen LogP contribution in [0.1, 0.15) is 29.8 Å². The summed E-state index contributed by atoms with van der Waals surface area (Å²) in [7, 11) is 0. The fourth-order valence-corrected chi connectivity index (χ4v) is 3.45. The van der Waals surface area contributed by atoms with Gasteiger partial charge >= 0.3 is 5.69 Å². The van der Waals surface area contributed by atoms with Gasteiger partial charge in [-0.25, -0.2) is 4.79 Å². The zero-order chi connectivity index (χ0) is 18.5. The highest BCUT2D eigenvalue weighted by Crippen LogP contribution is 2.13. The van der Waals surface area contributed by atoms with Crippen LogP contribution in [-0.2, 0) is 17.9 Å².